The molecular formula is C13H17NO3. The van der Waals surface area contributed by atoms with Crippen molar-refractivity contribution in [1.29, 1.82) is 0 Å². The molecule has 0 saturated heterocycles. The van der Waals surface area contributed by atoms with Gasteiger partial charge in [0.1, 0.15) is 0 Å². The minimum Gasteiger partial charge on any atom is -0.478 e. The monoisotopic (exact) mass is 235 g/mol. The van der Waals surface area contributed by atoms with Crippen LogP contribution in [-0.2, 0) is 0 Å². The van der Waals surface area contributed by atoms with Crippen LogP contribution in [-0.4, -0.2) is 15.6 Å². The number of carboxylic acids is 1. The van der Waals surface area contributed by atoms with E-state index in [0.29, 0.717) is 0 Å². The van der Waals surface area contributed by atoms with Crippen LogP contribution in [0.2, 0.25) is 0 Å². The first-order valence-corrected chi connectivity index (χ1v) is 6.14. The first-order valence-electron chi connectivity index (χ1n) is 6.14. The first-order chi connectivity index (χ1) is 8.18. The summed E-state index contributed by atoms with van der Waals surface area (Å²) in [5, 5.41) is 8.94. The van der Waals surface area contributed by atoms with Gasteiger partial charge in [-0.2, -0.15) is 0 Å². The predicted molar refractivity (Wildman–Crippen MR) is 64.4 cm³/mol. The number of nitrogens with zero attached hydrogens (tertiary/aromatic N) is 1. The normalized spacial score (nSPS) is 17.6. The number of pyridine rings is 1. The number of hydrogen-bond donors (Lipinski definition) is 1. The van der Waals surface area contributed by atoms with Crippen LogP contribution < -0.4 is 5.56 Å². The molecule has 1 fully saturated rings. The fourth-order valence-corrected chi connectivity index (χ4v) is 2.45. The average molecular weight is 235 g/mol. The van der Waals surface area contributed by atoms with E-state index in [2.05, 4.69) is 0 Å². The molecule has 4 heteroatoms. The Kier molecular flexibility index (Phi) is 3.61. The zero-order valence-corrected chi connectivity index (χ0v) is 9.76. The van der Waals surface area contributed by atoms with Crippen LogP contribution in [0.4, 0.5) is 0 Å². The summed E-state index contributed by atoms with van der Waals surface area (Å²) >= 11 is 0. The highest BCUT2D eigenvalue weighted by molar-refractivity contribution is 5.87. The number of aromatic nitrogens is 1. The highest BCUT2D eigenvalue weighted by Crippen LogP contribution is 2.25. The van der Waals surface area contributed by atoms with Gasteiger partial charge in [0.2, 0.25) is 0 Å². The van der Waals surface area contributed by atoms with Crippen LogP contribution in [0.25, 0.3) is 0 Å². The van der Waals surface area contributed by atoms with Crippen molar-refractivity contribution in [2.24, 2.45) is 0 Å². The summed E-state index contributed by atoms with van der Waals surface area (Å²) in [6, 6.07) is 2.90. The zero-order valence-electron chi connectivity index (χ0n) is 9.76. The Morgan fingerprint density at radius 2 is 1.82 bits per heavy atom. The van der Waals surface area contributed by atoms with Crippen molar-refractivity contribution >= 4 is 5.97 Å². The maximum atomic E-state index is 11.8. The van der Waals surface area contributed by atoms with Gasteiger partial charge in [-0.1, -0.05) is 25.7 Å². The predicted octanol–water partition coefficient (Wildman–Crippen LogP) is 2.44. The second-order valence-electron chi connectivity index (χ2n) is 4.61. The van der Waals surface area contributed by atoms with E-state index in [-0.39, 0.29) is 17.2 Å². The molecule has 92 valence electrons. The van der Waals surface area contributed by atoms with E-state index in [1.165, 1.54) is 31.2 Å². The molecule has 2 rings (SSSR count). The number of aromatic carboxylic acids is 1. The smallest absolute Gasteiger partial charge is 0.337 e. The molecule has 1 aromatic heterocycles. The molecule has 1 aliphatic rings. The molecule has 17 heavy (non-hydrogen) atoms. The fraction of sp³-hybridized carbons (Fsp3) is 0.538. The van der Waals surface area contributed by atoms with Gasteiger partial charge in [-0.25, -0.2) is 4.79 Å². The third-order valence-corrected chi connectivity index (χ3v) is 3.40. The summed E-state index contributed by atoms with van der Waals surface area (Å²) in [5.74, 6) is -0.979. The topological polar surface area (TPSA) is 59.3 Å². The minimum absolute atomic E-state index is 0.0955. The summed E-state index contributed by atoms with van der Waals surface area (Å²) in [6.07, 6.45) is 8.10. The standard InChI is InChI=1S/C13H17NO3/c15-12-8-7-10(13(16)17)9-14(12)11-5-3-1-2-4-6-11/h7-9,11H,1-6H2,(H,16,17). The summed E-state index contributed by atoms with van der Waals surface area (Å²) < 4.78 is 1.61. The largest absolute Gasteiger partial charge is 0.478 e. The van der Waals surface area contributed by atoms with Crippen LogP contribution in [0, 0.1) is 0 Å². The van der Waals surface area contributed by atoms with E-state index in [1.54, 1.807) is 4.57 Å². The van der Waals surface area contributed by atoms with Gasteiger partial charge >= 0.3 is 5.97 Å². The summed E-state index contributed by atoms with van der Waals surface area (Å²) in [4.78, 5) is 22.7. The van der Waals surface area contributed by atoms with Crippen LogP contribution >= 0.6 is 0 Å². The fourth-order valence-electron chi connectivity index (χ4n) is 2.45. The van der Waals surface area contributed by atoms with Crippen molar-refractivity contribution < 1.29 is 9.90 Å². The third kappa shape index (κ3) is 2.75. The molecule has 0 spiro atoms. The quantitative estimate of drug-likeness (QED) is 0.801. The molecule has 1 heterocycles. The number of carboxylic acid groups (broad SMARTS) is 1. The molecule has 0 unspecified atom stereocenters. The lowest BCUT2D eigenvalue weighted by Crippen LogP contribution is -2.24. The maximum Gasteiger partial charge on any atom is 0.337 e. The van der Waals surface area contributed by atoms with E-state index < -0.39 is 5.97 Å². The Morgan fingerprint density at radius 1 is 1.18 bits per heavy atom. The van der Waals surface area contributed by atoms with Gasteiger partial charge in [-0.15, -0.1) is 0 Å². The number of hydrogen-bond acceptors (Lipinski definition) is 2. The van der Waals surface area contributed by atoms with Crippen molar-refractivity contribution in [3.05, 3.63) is 34.2 Å². The van der Waals surface area contributed by atoms with E-state index in [9.17, 15) is 9.59 Å². The molecule has 0 aromatic carbocycles. The Balaban J connectivity index is 2.32. The Bertz CT molecular complexity index is 456. The van der Waals surface area contributed by atoms with E-state index in [4.69, 9.17) is 5.11 Å². The Hall–Kier alpha value is -1.58. The van der Waals surface area contributed by atoms with Crippen molar-refractivity contribution in [2.45, 2.75) is 44.6 Å². The third-order valence-electron chi connectivity index (χ3n) is 3.40. The Labute approximate surface area is 99.9 Å². The van der Waals surface area contributed by atoms with Crippen molar-refractivity contribution in [2.75, 3.05) is 0 Å². The van der Waals surface area contributed by atoms with Gasteiger partial charge < -0.3 is 9.67 Å². The lowest BCUT2D eigenvalue weighted by Gasteiger charge is -2.17. The molecule has 1 saturated carbocycles. The second kappa shape index (κ2) is 5.17. The highest BCUT2D eigenvalue weighted by atomic mass is 16.4. The molecule has 1 aliphatic carbocycles. The van der Waals surface area contributed by atoms with Gasteiger partial charge in [0.25, 0.3) is 5.56 Å². The van der Waals surface area contributed by atoms with Crippen LogP contribution in [0.3, 0.4) is 0 Å². The molecule has 0 aliphatic heterocycles. The molecule has 0 amide bonds. The molecule has 0 bridgehead atoms. The van der Waals surface area contributed by atoms with Crippen molar-refractivity contribution in [3.8, 4) is 0 Å². The molecule has 1 N–H and O–H groups in total. The van der Waals surface area contributed by atoms with E-state index >= 15 is 0 Å². The summed E-state index contributed by atoms with van der Waals surface area (Å²) in [5.41, 5.74) is 0.0933. The summed E-state index contributed by atoms with van der Waals surface area (Å²) in [7, 11) is 0. The van der Waals surface area contributed by atoms with Crippen molar-refractivity contribution in [1.82, 2.24) is 4.57 Å². The first kappa shape index (κ1) is 11.9. The molecule has 4 nitrogen and oxygen atoms in total. The van der Waals surface area contributed by atoms with Gasteiger partial charge in [-0.05, 0) is 18.9 Å². The van der Waals surface area contributed by atoms with E-state index in [1.807, 2.05) is 0 Å². The highest BCUT2D eigenvalue weighted by Gasteiger charge is 2.16. The van der Waals surface area contributed by atoms with Crippen LogP contribution in [0.5, 0.6) is 0 Å². The number of carbonyl (C=O) groups is 1. The maximum absolute atomic E-state index is 11.8. The van der Waals surface area contributed by atoms with Crippen molar-refractivity contribution in [3.63, 3.8) is 0 Å². The summed E-state index contributed by atoms with van der Waals surface area (Å²) in [6.45, 7) is 0. The SMILES string of the molecule is O=C(O)c1ccc(=O)n(C2CCCCCC2)c1. The van der Waals surface area contributed by atoms with E-state index in [0.717, 1.165) is 25.7 Å². The zero-order chi connectivity index (χ0) is 12.3. The molecule has 0 radical (unpaired) electrons. The Morgan fingerprint density at radius 3 is 2.41 bits per heavy atom. The molecule has 1 aromatic rings. The minimum atomic E-state index is -0.979. The lowest BCUT2D eigenvalue weighted by atomic mass is 10.1. The van der Waals surface area contributed by atoms with Gasteiger partial charge in [0.05, 0.1) is 5.56 Å². The lowest BCUT2D eigenvalue weighted by molar-refractivity contribution is 0.0695. The van der Waals surface area contributed by atoms with Crippen LogP contribution in [0.1, 0.15) is 54.9 Å². The second-order valence-corrected chi connectivity index (χ2v) is 4.61. The molecular weight excluding hydrogens is 218 g/mol. The van der Waals surface area contributed by atoms with Gasteiger partial charge in [0.15, 0.2) is 0 Å². The van der Waals surface area contributed by atoms with Crippen LogP contribution in [0.15, 0.2) is 23.1 Å². The van der Waals surface area contributed by atoms with Gasteiger partial charge in [0, 0.05) is 18.3 Å². The molecule has 0 atom stereocenters. The number of rotatable bonds is 2. The van der Waals surface area contributed by atoms with Gasteiger partial charge in [-0.3, -0.25) is 4.79 Å². The average Bonchev–Trinajstić information content (AvgIpc) is 2.58.